The lowest BCUT2D eigenvalue weighted by Gasteiger charge is -2.20. The van der Waals surface area contributed by atoms with Crippen molar-refractivity contribution < 1.29 is 13.5 Å². The number of hydrogen-bond donors (Lipinski definition) is 4. The average molecular weight is 287 g/mol. The van der Waals surface area contributed by atoms with Gasteiger partial charge < -0.3 is 16.2 Å². The zero-order chi connectivity index (χ0) is 14.6. The van der Waals surface area contributed by atoms with Gasteiger partial charge in [0.15, 0.2) is 0 Å². The van der Waals surface area contributed by atoms with Crippen LogP contribution in [0.1, 0.15) is 20.3 Å². The number of rotatable bonds is 6. The quantitative estimate of drug-likeness (QED) is 0.575. The van der Waals surface area contributed by atoms with E-state index in [1.54, 1.807) is 6.07 Å². The van der Waals surface area contributed by atoms with E-state index in [2.05, 4.69) is 19.2 Å². The van der Waals surface area contributed by atoms with Crippen LogP contribution in [0.25, 0.3) is 0 Å². The standard InChI is InChI=1S/C12H21N3O3S/c1-8(2)5-10(7-16)15-9-3-4-12(11(13)6-9)19(14,17)18/h3-4,6,8,10,15-16H,5,7,13H2,1-2H3,(H2,14,17,18). The minimum absolute atomic E-state index is 0.00494. The molecule has 1 unspecified atom stereocenters. The predicted octanol–water partition coefficient (Wildman–Crippen LogP) is 0.735. The molecule has 1 aromatic rings. The van der Waals surface area contributed by atoms with E-state index in [0.717, 1.165) is 6.42 Å². The van der Waals surface area contributed by atoms with E-state index in [0.29, 0.717) is 11.6 Å². The molecular weight excluding hydrogens is 266 g/mol. The van der Waals surface area contributed by atoms with Gasteiger partial charge in [-0.2, -0.15) is 0 Å². The Morgan fingerprint density at radius 1 is 1.37 bits per heavy atom. The van der Waals surface area contributed by atoms with Crippen molar-refractivity contribution in [1.82, 2.24) is 0 Å². The molecule has 0 aliphatic rings. The van der Waals surface area contributed by atoms with Crippen LogP contribution in [0.2, 0.25) is 0 Å². The van der Waals surface area contributed by atoms with Crippen LogP contribution in [0.5, 0.6) is 0 Å². The van der Waals surface area contributed by atoms with Crippen LogP contribution < -0.4 is 16.2 Å². The monoisotopic (exact) mass is 287 g/mol. The molecule has 6 nitrogen and oxygen atoms in total. The number of anilines is 2. The molecule has 1 aromatic carbocycles. The van der Waals surface area contributed by atoms with E-state index in [4.69, 9.17) is 10.9 Å². The molecule has 0 radical (unpaired) electrons. The van der Waals surface area contributed by atoms with Crippen molar-refractivity contribution in [2.24, 2.45) is 11.1 Å². The molecule has 0 saturated carbocycles. The van der Waals surface area contributed by atoms with Gasteiger partial charge in [-0.1, -0.05) is 13.8 Å². The molecule has 0 spiro atoms. The maximum atomic E-state index is 11.2. The van der Waals surface area contributed by atoms with Gasteiger partial charge in [-0.05, 0) is 30.5 Å². The number of benzene rings is 1. The highest BCUT2D eigenvalue weighted by Crippen LogP contribution is 2.22. The Labute approximate surface area is 113 Å². The van der Waals surface area contributed by atoms with Crippen LogP contribution in [-0.2, 0) is 10.0 Å². The molecule has 0 aromatic heterocycles. The number of nitrogen functional groups attached to an aromatic ring is 1. The predicted molar refractivity (Wildman–Crippen MR) is 76.2 cm³/mol. The van der Waals surface area contributed by atoms with Crippen LogP contribution in [0.4, 0.5) is 11.4 Å². The van der Waals surface area contributed by atoms with E-state index in [1.165, 1.54) is 12.1 Å². The maximum absolute atomic E-state index is 11.2. The highest BCUT2D eigenvalue weighted by atomic mass is 32.2. The lowest BCUT2D eigenvalue weighted by atomic mass is 10.0. The van der Waals surface area contributed by atoms with Gasteiger partial charge in [0.05, 0.1) is 12.3 Å². The molecule has 0 saturated heterocycles. The second-order valence-corrected chi connectivity index (χ2v) is 6.48. The van der Waals surface area contributed by atoms with Crippen LogP contribution in [-0.4, -0.2) is 26.2 Å². The minimum Gasteiger partial charge on any atom is -0.398 e. The van der Waals surface area contributed by atoms with Crippen molar-refractivity contribution in [3.05, 3.63) is 18.2 Å². The lowest BCUT2D eigenvalue weighted by molar-refractivity contribution is 0.259. The first kappa shape index (κ1) is 15.7. The summed E-state index contributed by atoms with van der Waals surface area (Å²) in [6.07, 6.45) is 0.799. The Morgan fingerprint density at radius 3 is 2.42 bits per heavy atom. The van der Waals surface area contributed by atoms with E-state index < -0.39 is 10.0 Å². The van der Waals surface area contributed by atoms with Crippen LogP contribution in [0.3, 0.4) is 0 Å². The first-order chi connectivity index (χ1) is 8.74. The fourth-order valence-corrected chi connectivity index (χ4v) is 2.53. The Bertz CT molecular complexity index is 529. The summed E-state index contributed by atoms with van der Waals surface area (Å²) in [6.45, 7) is 4.11. The summed E-state index contributed by atoms with van der Waals surface area (Å²) in [6, 6.07) is 4.35. The average Bonchev–Trinajstić information content (AvgIpc) is 2.25. The van der Waals surface area contributed by atoms with Gasteiger partial charge in [0, 0.05) is 11.7 Å². The smallest absolute Gasteiger partial charge is 0.240 e. The Hall–Kier alpha value is -1.31. The number of nitrogens with two attached hydrogens (primary N) is 2. The molecule has 0 fully saturated rings. The molecule has 1 atom stereocenters. The van der Waals surface area contributed by atoms with Crippen molar-refractivity contribution >= 4 is 21.4 Å². The van der Waals surface area contributed by atoms with Gasteiger partial charge in [-0.15, -0.1) is 0 Å². The third-order valence-electron chi connectivity index (χ3n) is 2.66. The third-order valence-corrected chi connectivity index (χ3v) is 3.65. The van der Waals surface area contributed by atoms with E-state index >= 15 is 0 Å². The molecule has 0 aliphatic heterocycles. The maximum Gasteiger partial charge on any atom is 0.240 e. The van der Waals surface area contributed by atoms with Crippen molar-refractivity contribution in [1.29, 1.82) is 0 Å². The molecule has 1 rings (SSSR count). The highest BCUT2D eigenvalue weighted by molar-refractivity contribution is 7.89. The number of sulfonamides is 1. The summed E-state index contributed by atoms with van der Waals surface area (Å²) >= 11 is 0. The molecule has 19 heavy (non-hydrogen) atoms. The van der Waals surface area contributed by atoms with Crippen molar-refractivity contribution in [3.63, 3.8) is 0 Å². The summed E-state index contributed by atoms with van der Waals surface area (Å²) in [4.78, 5) is -0.0949. The molecule has 6 N–H and O–H groups in total. The van der Waals surface area contributed by atoms with Gasteiger partial charge in [-0.3, -0.25) is 0 Å². The van der Waals surface area contributed by atoms with Crippen LogP contribution >= 0.6 is 0 Å². The van der Waals surface area contributed by atoms with Crippen LogP contribution in [0.15, 0.2) is 23.1 Å². The third kappa shape index (κ3) is 4.70. The zero-order valence-electron chi connectivity index (χ0n) is 11.1. The summed E-state index contributed by atoms with van der Waals surface area (Å²) in [7, 11) is -3.81. The Balaban J connectivity index is 2.89. The number of nitrogens with one attached hydrogen (secondary N) is 1. The largest absolute Gasteiger partial charge is 0.398 e. The van der Waals surface area contributed by atoms with E-state index in [9.17, 15) is 13.5 Å². The second-order valence-electron chi connectivity index (χ2n) is 4.95. The molecule has 0 aliphatic carbocycles. The summed E-state index contributed by atoms with van der Waals surface area (Å²) in [5.41, 5.74) is 6.41. The van der Waals surface area contributed by atoms with Crippen molar-refractivity contribution in [2.75, 3.05) is 17.7 Å². The molecule has 0 heterocycles. The summed E-state index contributed by atoms with van der Waals surface area (Å²) < 4.78 is 22.5. The number of hydrogen-bond acceptors (Lipinski definition) is 5. The van der Waals surface area contributed by atoms with Crippen LogP contribution in [0, 0.1) is 5.92 Å². The van der Waals surface area contributed by atoms with E-state index in [1.807, 2.05) is 0 Å². The van der Waals surface area contributed by atoms with Crippen molar-refractivity contribution in [3.8, 4) is 0 Å². The van der Waals surface area contributed by atoms with Gasteiger partial charge >= 0.3 is 0 Å². The number of primary sulfonamides is 1. The fourth-order valence-electron chi connectivity index (χ4n) is 1.88. The molecule has 0 amide bonds. The van der Waals surface area contributed by atoms with Gasteiger partial charge in [0.25, 0.3) is 0 Å². The highest BCUT2D eigenvalue weighted by Gasteiger charge is 2.14. The Morgan fingerprint density at radius 2 is 2.00 bits per heavy atom. The van der Waals surface area contributed by atoms with Gasteiger partial charge in [0.2, 0.25) is 10.0 Å². The fraction of sp³-hybridized carbons (Fsp3) is 0.500. The first-order valence-electron chi connectivity index (χ1n) is 6.03. The topological polar surface area (TPSA) is 118 Å². The number of aliphatic hydroxyl groups excluding tert-OH is 1. The van der Waals surface area contributed by atoms with Gasteiger partial charge in [0.1, 0.15) is 4.90 Å². The number of aliphatic hydroxyl groups is 1. The normalized spacial score (nSPS) is 13.5. The zero-order valence-corrected chi connectivity index (χ0v) is 11.9. The molecular formula is C12H21N3O3S. The first-order valence-corrected chi connectivity index (χ1v) is 7.58. The van der Waals surface area contributed by atoms with E-state index in [-0.39, 0.29) is 23.2 Å². The molecule has 0 bridgehead atoms. The lowest BCUT2D eigenvalue weighted by Crippen LogP contribution is -2.25. The Kier molecular flexibility index (Phi) is 5.16. The molecule has 7 heteroatoms. The summed E-state index contributed by atoms with van der Waals surface area (Å²) in [5.74, 6) is 0.436. The minimum atomic E-state index is -3.81. The molecule has 108 valence electrons. The summed E-state index contributed by atoms with van der Waals surface area (Å²) in [5, 5.41) is 17.4. The second kappa shape index (κ2) is 6.23. The van der Waals surface area contributed by atoms with Gasteiger partial charge in [-0.25, -0.2) is 13.6 Å². The van der Waals surface area contributed by atoms with Crippen molar-refractivity contribution in [2.45, 2.75) is 31.2 Å². The SMILES string of the molecule is CC(C)CC(CO)Nc1ccc(S(N)(=O)=O)c(N)c1.